The molecule has 214 valence electrons. The highest BCUT2D eigenvalue weighted by atomic mass is 19.3. The van der Waals surface area contributed by atoms with Crippen LogP contribution in [0.5, 0.6) is 0 Å². The van der Waals surface area contributed by atoms with E-state index in [1.165, 1.54) is 45.3 Å². The second-order valence-corrected chi connectivity index (χ2v) is 9.96. The number of allylic oxidation sites excluding steroid dienone is 11. The molecule has 2 atom stereocenters. The fourth-order valence-corrected chi connectivity index (χ4v) is 2.96. The minimum absolute atomic E-state index is 0.0544. The van der Waals surface area contributed by atoms with Gasteiger partial charge in [-0.3, -0.25) is 0 Å². The van der Waals surface area contributed by atoms with Crippen LogP contribution in [0.1, 0.15) is 73.6 Å². The number of ether oxygens (including phenoxy) is 1. The van der Waals surface area contributed by atoms with Gasteiger partial charge in [-0.25, -0.2) is 8.78 Å². The van der Waals surface area contributed by atoms with E-state index < -0.39 is 29.4 Å². The first-order valence-corrected chi connectivity index (χ1v) is 13.0. The predicted octanol–water partition coefficient (Wildman–Crippen LogP) is 11.7. The van der Waals surface area contributed by atoms with Crippen molar-refractivity contribution < 1.29 is 22.3 Å². The Morgan fingerprint density at radius 2 is 1.47 bits per heavy atom. The Labute approximate surface area is 229 Å². The number of rotatable bonds is 17. The molecule has 0 rings (SSSR count). The molecule has 0 radical (unpaired) electrons. The van der Waals surface area contributed by atoms with Crippen LogP contribution in [0.3, 0.4) is 0 Å². The normalized spacial score (nSPS) is 13.9. The van der Waals surface area contributed by atoms with Gasteiger partial charge in [-0.1, -0.05) is 96.9 Å². The van der Waals surface area contributed by atoms with Crippen molar-refractivity contribution in [2.24, 2.45) is 17.8 Å². The highest BCUT2D eigenvalue weighted by Gasteiger charge is 2.39. The van der Waals surface area contributed by atoms with Gasteiger partial charge in [0, 0.05) is 11.6 Å². The van der Waals surface area contributed by atoms with Crippen LogP contribution in [0.15, 0.2) is 110 Å². The smallest absolute Gasteiger partial charge is 0.400 e. The lowest BCUT2D eigenvalue weighted by atomic mass is 9.92. The molecular formula is C33H48F4O. The number of unbranched alkanes of at least 4 members (excludes halogenated alkanes) is 1. The van der Waals surface area contributed by atoms with Crippen LogP contribution in [0.2, 0.25) is 0 Å². The van der Waals surface area contributed by atoms with Gasteiger partial charge in [-0.15, -0.1) is 6.58 Å². The molecule has 5 heteroatoms. The summed E-state index contributed by atoms with van der Waals surface area (Å²) in [7, 11) is 0. The molecule has 0 amide bonds. The molecule has 0 heterocycles. The van der Waals surface area contributed by atoms with Crippen molar-refractivity contribution in [3.05, 3.63) is 110 Å². The molecule has 0 aromatic heterocycles. The standard InChI is InChI=1S/C25H32F4O.C8H16/c1-10-23(26)21(8)18(5)13-14-19(6)25(28,29)30-20(7)15-24(27)22(9)17(4)12-11-16(2)3;1-4-5-6-7-8(2)3/h10-12,15,18-19H,2,4,7-9,13-14H2,1,3,5-6H3;4,8H,1,5-7H2,2-3H3/b12-11-,23-10+,24-15+;. The first-order valence-electron chi connectivity index (χ1n) is 13.0. The van der Waals surface area contributed by atoms with Crippen molar-refractivity contribution in [2.75, 3.05) is 0 Å². The molecule has 0 N–H and O–H groups in total. The Balaban J connectivity index is 0. The average Bonchev–Trinajstić information content (AvgIpc) is 2.83. The van der Waals surface area contributed by atoms with Crippen LogP contribution in [0.25, 0.3) is 0 Å². The van der Waals surface area contributed by atoms with E-state index in [2.05, 4.69) is 58.1 Å². The molecule has 0 aliphatic heterocycles. The van der Waals surface area contributed by atoms with E-state index in [0.29, 0.717) is 6.42 Å². The maximum atomic E-state index is 14.4. The van der Waals surface area contributed by atoms with Gasteiger partial charge >= 0.3 is 6.11 Å². The summed E-state index contributed by atoms with van der Waals surface area (Å²) in [5.41, 5.74) is 1.19. The molecule has 38 heavy (non-hydrogen) atoms. The number of hydrogen-bond donors (Lipinski definition) is 0. The summed E-state index contributed by atoms with van der Waals surface area (Å²) in [4.78, 5) is 0. The Hall–Kier alpha value is -2.82. The molecule has 0 saturated heterocycles. The van der Waals surface area contributed by atoms with Crippen LogP contribution >= 0.6 is 0 Å². The number of alkyl halides is 2. The summed E-state index contributed by atoms with van der Waals surface area (Å²) in [5.74, 6) is -2.53. The van der Waals surface area contributed by atoms with Gasteiger partial charge in [0.15, 0.2) is 0 Å². The van der Waals surface area contributed by atoms with E-state index in [1.54, 1.807) is 19.9 Å². The highest BCUT2D eigenvalue weighted by Crippen LogP contribution is 2.34. The largest absolute Gasteiger partial charge is 0.433 e. The van der Waals surface area contributed by atoms with Gasteiger partial charge in [0.2, 0.25) is 0 Å². The lowest BCUT2D eigenvalue weighted by molar-refractivity contribution is -0.244. The maximum absolute atomic E-state index is 14.4. The Morgan fingerprint density at radius 3 is 1.95 bits per heavy atom. The van der Waals surface area contributed by atoms with Gasteiger partial charge in [0.25, 0.3) is 0 Å². The molecule has 0 aromatic carbocycles. The monoisotopic (exact) mass is 536 g/mol. The second-order valence-electron chi connectivity index (χ2n) is 9.96. The lowest BCUT2D eigenvalue weighted by Crippen LogP contribution is -2.29. The average molecular weight is 537 g/mol. The van der Waals surface area contributed by atoms with Crippen molar-refractivity contribution in [1.29, 1.82) is 0 Å². The summed E-state index contributed by atoms with van der Waals surface area (Å²) in [6, 6.07) is 0. The molecule has 0 spiro atoms. The Kier molecular flexibility index (Phi) is 18.9. The van der Waals surface area contributed by atoms with Gasteiger partial charge < -0.3 is 4.74 Å². The minimum atomic E-state index is -3.58. The zero-order chi connectivity index (χ0) is 30.1. The molecule has 0 fully saturated rings. The minimum Gasteiger partial charge on any atom is -0.433 e. The predicted molar refractivity (Wildman–Crippen MR) is 157 cm³/mol. The fourth-order valence-electron chi connectivity index (χ4n) is 2.96. The van der Waals surface area contributed by atoms with Crippen LogP contribution in [-0.4, -0.2) is 6.11 Å². The van der Waals surface area contributed by atoms with Crippen molar-refractivity contribution in [1.82, 2.24) is 0 Å². The third kappa shape index (κ3) is 16.8. The highest BCUT2D eigenvalue weighted by molar-refractivity contribution is 5.48. The van der Waals surface area contributed by atoms with Crippen molar-refractivity contribution in [3.63, 3.8) is 0 Å². The fraction of sp³-hybridized carbons (Fsp3) is 0.455. The zero-order valence-electron chi connectivity index (χ0n) is 24.3. The summed E-state index contributed by atoms with van der Waals surface area (Å²) >= 11 is 0. The zero-order valence-corrected chi connectivity index (χ0v) is 24.3. The molecule has 0 aromatic rings. The van der Waals surface area contributed by atoms with Gasteiger partial charge in [-0.05, 0) is 62.5 Å². The van der Waals surface area contributed by atoms with E-state index in [-0.39, 0.29) is 29.1 Å². The maximum Gasteiger partial charge on any atom is 0.400 e. The van der Waals surface area contributed by atoms with E-state index in [0.717, 1.165) is 17.6 Å². The third-order valence-corrected chi connectivity index (χ3v) is 5.75. The molecule has 0 saturated carbocycles. The Morgan fingerprint density at radius 1 is 0.895 bits per heavy atom. The van der Waals surface area contributed by atoms with Gasteiger partial charge in [0.05, 0.1) is 5.92 Å². The molecule has 0 bridgehead atoms. The summed E-state index contributed by atoms with van der Waals surface area (Å²) < 4.78 is 61.1. The van der Waals surface area contributed by atoms with Crippen LogP contribution in [-0.2, 0) is 4.74 Å². The first kappa shape index (κ1) is 37.3. The van der Waals surface area contributed by atoms with E-state index in [9.17, 15) is 17.6 Å². The first-order chi connectivity index (χ1) is 17.5. The molecule has 0 aliphatic rings. The van der Waals surface area contributed by atoms with Gasteiger partial charge in [0.1, 0.15) is 17.4 Å². The van der Waals surface area contributed by atoms with Crippen molar-refractivity contribution in [3.8, 4) is 0 Å². The lowest BCUT2D eigenvalue weighted by Gasteiger charge is -2.25. The third-order valence-electron chi connectivity index (χ3n) is 5.75. The molecule has 1 nitrogen and oxygen atoms in total. The van der Waals surface area contributed by atoms with E-state index in [1.807, 2.05) is 6.08 Å². The summed E-state index contributed by atoms with van der Waals surface area (Å²) in [5, 5.41) is 0. The second kappa shape index (κ2) is 19.3. The van der Waals surface area contributed by atoms with Crippen LogP contribution < -0.4 is 0 Å². The molecule has 2 unspecified atom stereocenters. The van der Waals surface area contributed by atoms with Gasteiger partial charge in [-0.2, -0.15) is 8.78 Å². The molecule has 0 aliphatic carbocycles. The summed E-state index contributed by atoms with van der Waals surface area (Å²) in [6.07, 6.45) is 7.75. The summed E-state index contributed by atoms with van der Waals surface area (Å²) in [6.45, 7) is 32.4. The quantitative estimate of drug-likeness (QED) is 0.0590. The van der Waals surface area contributed by atoms with Crippen molar-refractivity contribution >= 4 is 0 Å². The number of hydrogen-bond acceptors (Lipinski definition) is 1. The van der Waals surface area contributed by atoms with Crippen LogP contribution in [0.4, 0.5) is 17.6 Å². The van der Waals surface area contributed by atoms with E-state index >= 15 is 0 Å². The number of halogens is 4. The Bertz CT molecular complexity index is 915. The van der Waals surface area contributed by atoms with E-state index in [4.69, 9.17) is 0 Å². The van der Waals surface area contributed by atoms with Crippen molar-refractivity contribution in [2.45, 2.75) is 79.8 Å². The topological polar surface area (TPSA) is 9.23 Å². The SMILES string of the molecule is C=C(C)/C=C\C(=C)C(=C)/C(F)=C\C(=C)OC(F)(F)C(C)CCC(C)C(=C)/C(F)=C\C.C=CCCCC(C)C. The molecular weight excluding hydrogens is 488 g/mol. The van der Waals surface area contributed by atoms with Crippen LogP contribution in [0, 0.1) is 17.8 Å².